The summed E-state index contributed by atoms with van der Waals surface area (Å²) < 4.78 is 13.4. The molecule has 0 bridgehead atoms. The number of nitrogens with zero attached hydrogens (tertiary/aromatic N) is 2. The predicted octanol–water partition coefficient (Wildman–Crippen LogP) is 4.27. The summed E-state index contributed by atoms with van der Waals surface area (Å²) in [7, 11) is 4.18. The Bertz CT molecular complexity index is 758. The molecule has 0 heterocycles. The van der Waals surface area contributed by atoms with Gasteiger partial charge in [-0.1, -0.05) is 18.2 Å². The van der Waals surface area contributed by atoms with E-state index >= 15 is 0 Å². The number of aryl methyl sites for hydroxylation is 1. The van der Waals surface area contributed by atoms with Gasteiger partial charge in [0.25, 0.3) is 0 Å². The summed E-state index contributed by atoms with van der Waals surface area (Å²) in [6, 6.07) is 15.3. The minimum absolute atomic E-state index is 0.0625. The van der Waals surface area contributed by atoms with Crippen molar-refractivity contribution >= 4 is 0 Å². The number of benzene rings is 2. The lowest BCUT2D eigenvalue weighted by Gasteiger charge is -2.32. The lowest BCUT2D eigenvalue weighted by Crippen LogP contribution is -2.26. The Morgan fingerprint density at radius 2 is 1.92 bits per heavy atom. The SMILES string of the molecule is CN(C)CCC[C@@]1(c2ccc(F)cc2)CCc2cc(C#N)ccc21. The Morgan fingerprint density at radius 1 is 1.17 bits per heavy atom. The molecule has 0 aromatic heterocycles. The third kappa shape index (κ3) is 3.07. The Balaban J connectivity index is 2.02. The molecule has 1 atom stereocenters. The van der Waals surface area contributed by atoms with Gasteiger partial charge in [0.15, 0.2) is 0 Å². The summed E-state index contributed by atoms with van der Waals surface area (Å²) >= 11 is 0. The molecule has 0 N–H and O–H groups in total. The van der Waals surface area contributed by atoms with E-state index in [1.165, 1.54) is 16.7 Å². The van der Waals surface area contributed by atoms with Gasteiger partial charge in [-0.3, -0.25) is 0 Å². The molecule has 0 unspecified atom stereocenters. The van der Waals surface area contributed by atoms with E-state index in [1.807, 2.05) is 24.3 Å². The van der Waals surface area contributed by atoms with Crippen LogP contribution in [0.3, 0.4) is 0 Å². The fourth-order valence-corrected chi connectivity index (χ4v) is 3.99. The van der Waals surface area contributed by atoms with E-state index in [1.54, 1.807) is 12.1 Å². The highest BCUT2D eigenvalue weighted by molar-refractivity contribution is 5.51. The zero-order valence-electron chi connectivity index (χ0n) is 14.3. The second kappa shape index (κ2) is 6.75. The monoisotopic (exact) mass is 322 g/mol. The minimum atomic E-state index is -0.194. The van der Waals surface area contributed by atoms with Crippen LogP contribution in [0.2, 0.25) is 0 Å². The van der Waals surface area contributed by atoms with E-state index < -0.39 is 0 Å². The second-order valence-electron chi connectivity index (χ2n) is 6.98. The van der Waals surface area contributed by atoms with Crippen LogP contribution in [0, 0.1) is 17.1 Å². The Labute approximate surface area is 143 Å². The van der Waals surface area contributed by atoms with Gasteiger partial charge in [-0.15, -0.1) is 0 Å². The molecule has 1 aliphatic rings. The van der Waals surface area contributed by atoms with Crippen molar-refractivity contribution in [3.05, 3.63) is 70.5 Å². The first-order valence-electron chi connectivity index (χ1n) is 8.49. The van der Waals surface area contributed by atoms with Crippen molar-refractivity contribution in [3.63, 3.8) is 0 Å². The molecule has 3 rings (SSSR count). The largest absolute Gasteiger partial charge is 0.309 e. The molecule has 0 aliphatic heterocycles. The quantitative estimate of drug-likeness (QED) is 0.822. The van der Waals surface area contributed by atoms with Crippen LogP contribution in [0.1, 0.15) is 41.5 Å². The smallest absolute Gasteiger partial charge is 0.123 e. The molecule has 2 aromatic rings. The summed E-state index contributed by atoms with van der Waals surface area (Å²) in [4.78, 5) is 2.20. The van der Waals surface area contributed by atoms with Crippen LogP contribution < -0.4 is 0 Å². The van der Waals surface area contributed by atoms with E-state index in [2.05, 4.69) is 31.1 Å². The van der Waals surface area contributed by atoms with Gasteiger partial charge < -0.3 is 4.90 Å². The van der Waals surface area contributed by atoms with Crippen molar-refractivity contribution in [2.45, 2.75) is 31.1 Å². The number of fused-ring (bicyclic) bond motifs is 1. The van der Waals surface area contributed by atoms with Crippen molar-refractivity contribution in [3.8, 4) is 6.07 Å². The van der Waals surface area contributed by atoms with Crippen LogP contribution >= 0.6 is 0 Å². The molecule has 0 fully saturated rings. The maximum Gasteiger partial charge on any atom is 0.123 e. The lowest BCUT2D eigenvalue weighted by atomic mass is 9.72. The van der Waals surface area contributed by atoms with E-state index in [9.17, 15) is 4.39 Å². The lowest BCUT2D eigenvalue weighted by molar-refractivity contribution is 0.359. The molecule has 0 saturated heterocycles. The van der Waals surface area contributed by atoms with Gasteiger partial charge >= 0.3 is 0 Å². The molecule has 0 amide bonds. The molecule has 0 saturated carbocycles. The standard InChI is InChI=1S/C21H23FN2/c1-24(2)13-3-11-21(18-5-7-19(22)8-6-18)12-10-17-14-16(15-23)4-9-20(17)21/h4-9,14H,3,10-13H2,1-2H3/t21-/m0/s1. The van der Waals surface area contributed by atoms with E-state index in [4.69, 9.17) is 5.26 Å². The Hall–Kier alpha value is -2.18. The molecule has 3 heteroatoms. The van der Waals surface area contributed by atoms with Gasteiger partial charge in [0.05, 0.1) is 11.6 Å². The average Bonchev–Trinajstić information content (AvgIpc) is 2.94. The van der Waals surface area contributed by atoms with E-state index in [0.717, 1.165) is 37.8 Å². The molecular weight excluding hydrogens is 299 g/mol. The van der Waals surface area contributed by atoms with Crippen molar-refractivity contribution in [1.29, 1.82) is 5.26 Å². The summed E-state index contributed by atoms with van der Waals surface area (Å²) in [6.45, 7) is 1.04. The van der Waals surface area contributed by atoms with E-state index in [-0.39, 0.29) is 11.2 Å². The van der Waals surface area contributed by atoms with Crippen molar-refractivity contribution in [2.24, 2.45) is 0 Å². The molecule has 1 aliphatic carbocycles. The molecule has 24 heavy (non-hydrogen) atoms. The van der Waals surface area contributed by atoms with Gasteiger partial charge in [-0.05, 0) is 87.3 Å². The first-order valence-corrected chi connectivity index (χ1v) is 8.49. The van der Waals surface area contributed by atoms with Crippen LogP contribution in [-0.2, 0) is 11.8 Å². The van der Waals surface area contributed by atoms with Gasteiger partial charge in [-0.2, -0.15) is 5.26 Å². The van der Waals surface area contributed by atoms with Crippen LogP contribution in [0.4, 0.5) is 4.39 Å². The summed E-state index contributed by atoms with van der Waals surface area (Å²) in [5.41, 5.74) is 4.42. The van der Waals surface area contributed by atoms with Gasteiger partial charge in [-0.25, -0.2) is 4.39 Å². The number of halogens is 1. The van der Waals surface area contributed by atoms with Gasteiger partial charge in [0.1, 0.15) is 5.82 Å². The normalized spacial score (nSPS) is 19.3. The Morgan fingerprint density at radius 3 is 2.58 bits per heavy atom. The van der Waals surface area contributed by atoms with Crippen LogP contribution in [0.25, 0.3) is 0 Å². The molecule has 2 nitrogen and oxygen atoms in total. The number of nitriles is 1. The van der Waals surface area contributed by atoms with E-state index in [0.29, 0.717) is 0 Å². The highest BCUT2D eigenvalue weighted by atomic mass is 19.1. The molecule has 0 spiro atoms. The third-order valence-electron chi connectivity index (χ3n) is 5.18. The first kappa shape index (κ1) is 16.7. The maximum atomic E-state index is 13.4. The predicted molar refractivity (Wildman–Crippen MR) is 94.4 cm³/mol. The van der Waals surface area contributed by atoms with Crippen molar-refractivity contribution in [1.82, 2.24) is 4.90 Å². The topological polar surface area (TPSA) is 27.0 Å². The van der Waals surface area contributed by atoms with Crippen molar-refractivity contribution in [2.75, 3.05) is 20.6 Å². The third-order valence-corrected chi connectivity index (χ3v) is 5.18. The average molecular weight is 322 g/mol. The minimum Gasteiger partial charge on any atom is -0.309 e. The van der Waals surface area contributed by atoms with Crippen molar-refractivity contribution < 1.29 is 4.39 Å². The summed E-state index contributed by atoms with van der Waals surface area (Å²) in [5, 5.41) is 9.15. The van der Waals surface area contributed by atoms with Gasteiger partial charge in [0, 0.05) is 5.41 Å². The maximum absolute atomic E-state index is 13.4. The Kier molecular flexibility index (Phi) is 4.69. The summed E-state index contributed by atoms with van der Waals surface area (Å²) in [5.74, 6) is -0.194. The molecule has 124 valence electrons. The molecule has 0 radical (unpaired) electrons. The first-order chi connectivity index (χ1) is 11.5. The molecular formula is C21H23FN2. The fraction of sp³-hybridized carbons (Fsp3) is 0.381. The second-order valence-corrected chi connectivity index (χ2v) is 6.98. The number of rotatable bonds is 5. The number of hydrogen-bond acceptors (Lipinski definition) is 2. The van der Waals surface area contributed by atoms with Gasteiger partial charge in [0.2, 0.25) is 0 Å². The van der Waals surface area contributed by atoms with Crippen LogP contribution in [0.15, 0.2) is 42.5 Å². The summed E-state index contributed by atoms with van der Waals surface area (Å²) in [6.07, 6.45) is 4.13. The fourth-order valence-electron chi connectivity index (χ4n) is 3.99. The highest BCUT2D eigenvalue weighted by Gasteiger charge is 2.39. The van der Waals surface area contributed by atoms with Crippen LogP contribution in [-0.4, -0.2) is 25.5 Å². The highest BCUT2D eigenvalue weighted by Crippen LogP contribution is 2.47. The van der Waals surface area contributed by atoms with Crippen LogP contribution in [0.5, 0.6) is 0 Å². The number of hydrogen-bond donors (Lipinski definition) is 0. The zero-order chi connectivity index (χ0) is 17.2. The molecule has 2 aromatic carbocycles. The zero-order valence-corrected chi connectivity index (χ0v) is 14.3.